The predicted octanol–water partition coefficient (Wildman–Crippen LogP) is 0.761. The van der Waals surface area contributed by atoms with Gasteiger partial charge in [0, 0.05) is 6.54 Å². The van der Waals surface area contributed by atoms with E-state index in [-0.39, 0.29) is 37.1 Å². The SMILES string of the molecule is CCn1c(=O)c(C(=O)C[NH2+][C@@H](C)c2ccco2)c(N)n(Cc2ccccc2)c1=O. The first-order chi connectivity index (χ1) is 13.9. The molecule has 0 aliphatic carbocycles. The number of nitrogens with two attached hydrogens (primary N) is 2. The van der Waals surface area contributed by atoms with Gasteiger partial charge >= 0.3 is 5.69 Å². The van der Waals surface area contributed by atoms with E-state index in [4.69, 9.17) is 10.2 Å². The average molecular weight is 397 g/mol. The zero-order chi connectivity index (χ0) is 21.0. The average Bonchev–Trinajstić information content (AvgIpc) is 3.25. The minimum absolute atomic E-state index is 0.00849. The number of ketones is 1. The predicted molar refractivity (Wildman–Crippen MR) is 109 cm³/mol. The number of anilines is 1. The fourth-order valence-electron chi connectivity index (χ4n) is 3.23. The summed E-state index contributed by atoms with van der Waals surface area (Å²) in [5.41, 5.74) is 5.68. The van der Waals surface area contributed by atoms with Crippen molar-refractivity contribution in [1.29, 1.82) is 0 Å². The molecule has 29 heavy (non-hydrogen) atoms. The first-order valence-corrected chi connectivity index (χ1v) is 9.51. The fourth-order valence-corrected chi connectivity index (χ4v) is 3.23. The van der Waals surface area contributed by atoms with Gasteiger partial charge < -0.3 is 15.5 Å². The van der Waals surface area contributed by atoms with Gasteiger partial charge in [-0.15, -0.1) is 0 Å². The molecule has 0 saturated carbocycles. The highest BCUT2D eigenvalue weighted by Gasteiger charge is 2.24. The molecule has 3 aromatic rings. The van der Waals surface area contributed by atoms with Crippen molar-refractivity contribution in [2.45, 2.75) is 33.0 Å². The van der Waals surface area contributed by atoms with Gasteiger partial charge in [0.2, 0.25) is 5.78 Å². The van der Waals surface area contributed by atoms with Gasteiger partial charge in [0.15, 0.2) is 5.76 Å². The molecule has 0 saturated heterocycles. The maximum atomic E-state index is 12.9. The fraction of sp³-hybridized carbons (Fsp3) is 0.286. The lowest BCUT2D eigenvalue weighted by Crippen LogP contribution is -2.86. The molecule has 0 aliphatic heterocycles. The topological polar surface area (TPSA) is 117 Å². The molecule has 8 heteroatoms. The Balaban J connectivity index is 1.95. The van der Waals surface area contributed by atoms with Gasteiger partial charge in [0.05, 0.1) is 12.8 Å². The molecule has 8 nitrogen and oxygen atoms in total. The van der Waals surface area contributed by atoms with Crippen LogP contribution in [0.1, 0.15) is 41.6 Å². The van der Waals surface area contributed by atoms with Crippen molar-refractivity contribution in [3.8, 4) is 0 Å². The van der Waals surface area contributed by atoms with E-state index in [2.05, 4.69) is 0 Å². The summed E-state index contributed by atoms with van der Waals surface area (Å²) in [6, 6.07) is 12.8. The van der Waals surface area contributed by atoms with Crippen LogP contribution in [0.15, 0.2) is 62.7 Å². The van der Waals surface area contributed by atoms with Crippen LogP contribution < -0.4 is 22.3 Å². The number of carbonyl (C=O) groups is 1. The number of aromatic nitrogens is 2. The molecule has 1 atom stereocenters. The molecule has 1 aromatic carbocycles. The van der Waals surface area contributed by atoms with Crippen LogP contribution in [-0.2, 0) is 13.1 Å². The Morgan fingerprint density at radius 1 is 1.14 bits per heavy atom. The van der Waals surface area contributed by atoms with Crippen molar-refractivity contribution in [3.05, 3.63) is 86.5 Å². The highest BCUT2D eigenvalue weighted by atomic mass is 16.3. The summed E-state index contributed by atoms with van der Waals surface area (Å²) >= 11 is 0. The van der Waals surface area contributed by atoms with Gasteiger partial charge in [-0.2, -0.15) is 0 Å². The number of furan rings is 1. The van der Waals surface area contributed by atoms with Gasteiger partial charge in [0.1, 0.15) is 24.0 Å². The van der Waals surface area contributed by atoms with Crippen molar-refractivity contribution in [1.82, 2.24) is 9.13 Å². The van der Waals surface area contributed by atoms with Gasteiger partial charge in [-0.3, -0.25) is 18.7 Å². The maximum Gasteiger partial charge on any atom is 0.332 e. The van der Waals surface area contributed by atoms with E-state index in [1.54, 1.807) is 24.6 Å². The van der Waals surface area contributed by atoms with Crippen molar-refractivity contribution in [3.63, 3.8) is 0 Å². The number of Topliss-reactive ketones (excluding diaryl/α,β-unsaturated/α-hetero) is 1. The van der Waals surface area contributed by atoms with Crippen LogP contribution in [0.4, 0.5) is 5.82 Å². The summed E-state index contributed by atoms with van der Waals surface area (Å²) in [6.07, 6.45) is 1.57. The van der Waals surface area contributed by atoms with Crippen molar-refractivity contribution >= 4 is 11.6 Å². The number of carbonyl (C=O) groups excluding carboxylic acids is 1. The number of benzene rings is 1. The summed E-state index contributed by atoms with van der Waals surface area (Å²) in [7, 11) is 0. The molecule has 4 N–H and O–H groups in total. The van der Waals surface area contributed by atoms with E-state index in [9.17, 15) is 14.4 Å². The smallest absolute Gasteiger partial charge is 0.332 e. The zero-order valence-corrected chi connectivity index (χ0v) is 16.5. The van der Waals surface area contributed by atoms with Crippen molar-refractivity contribution < 1.29 is 14.5 Å². The Bertz CT molecular complexity index is 1100. The maximum absolute atomic E-state index is 12.9. The van der Waals surface area contributed by atoms with Gasteiger partial charge in [-0.1, -0.05) is 30.3 Å². The molecular weight excluding hydrogens is 372 g/mol. The Morgan fingerprint density at radius 2 is 1.86 bits per heavy atom. The first-order valence-electron chi connectivity index (χ1n) is 9.51. The van der Waals surface area contributed by atoms with Crippen molar-refractivity contribution in [2.24, 2.45) is 0 Å². The van der Waals surface area contributed by atoms with Crippen LogP contribution >= 0.6 is 0 Å². The molecule has 0 aliphatic rings. The first kappa shape index (κ1) is 20.3. The Hall–Kier alpha value is -3.39. The standard InChI is InChI=1S/C21H24N4O4/c1-3-24-20(27)18(16(26)12-23-14(2)17-10-7-11-29-17)19(22)25(21(24)28)13-15-8-5-4-6-9-15/h4-11,14,23H,3,12-13,22H2,1-2H3/p+1/t14-/m0/s1. The number of nitrogens with zero attached hydrogens (tertiary/aromatic N) is 2. The monoisotopic (exact) mass is 397 g/mol. The molecule has 2 aromatic heterocycles. The third-order valence-electron chi connectivity index (χ3n) is 4.90. The Kier molecular flexibility index (Phi) is 6.13. The lowest BCUT2D eigenvalue weighted by molar-refractivity contribution is -0.683. The number of hydrogen-bond donors (Lipinski definition) is 2. The summed E-state index contributed by atoms with van der Waals surface area (Å²) in [4.78, 5) is 38.4. The Labute approximate surface area is 167 Å². The number of nitrogen functional groups attached to an aromatic ring is 1. The largest absolute Gasteiger partial charge is 0.463 e. The second-order valence-corrected chi connectivity index (χ2v) is 6.83. The van der Waals surface area contributed by atoms with E-state index >= 15 is 0 Å². The second kappa shape index (κ2) is 8.74. The highest BCUT2D eigenvalue weighted by molar-refractivity contribution is 6.00. The van der Waals surface area contributed by atoms with Gasteiger partial charge in [-0.25, -0.2) is 4.79 Å². The molecule has 152 valence electrons. The molecule has 0 fully saturated rings. The quantitative estimate of drug-likeness (QED) is 0.544. The minimum atomic E-state index is -0.650. The molecule has 2 heterocycles. The highest BCUT2D eigenvalue weighted by Crippen LogP contribution is 2.10. The van der Waals surface area contributed by atoms with Crippen LogP contribution in [0.5, 0.6) is 0 Å². The summed E-state index contributed by atoms with van der Waals surface area (Å²) in [5, 5.41) is 1.77. The summed E-state index contributed by atoms with van der Waals surface area (Å²) in [6.45, 7) is 3.92. The molecule has 0 bridgehead atoms. The summed E-state index contributed by atoms with van der Waals surface area (Å²) < 4.78 is 7.67. The molecule has 0 unspecified atom stereocenters. The molecule has 0 spiro atoms. The third-order valence-corrected chi connectivity index (χ3v) is 4.90. The van der Waals surface area contributed by atoms with E-state index < -0.39 is 17.0 Å². The van der Waals surface area contributed by atoms with E-state index in [1.807, 2.05) is 43.3 Å². The van der Waals surface area contributed by atoms with Gasteiger partial charge in [-0.05, 0) is 31.5 Å². The van der Waals surface area contributed by atoms with Crippen LogP contribution in [0.2, 0.25) is 0 Å². The Morgan fingerprint density at radius 3 is 2.48 bits per heavy atom. The van der Waals surface area contributed by atoms with Crippen molar-refractivity contribution in [2.75, 3.05) is 12.3 Å². The summed E-state index contributed by atoms with van der Waals surface area (Å²) in [5.74, 6) is 0.207. The van der Waals surface area contributed by atoms with Crippen LogP contribution in [0, 0.1) is 0 Å². The van der Waals surface area contributed by atoms with E-state index in [0.29, 0.717) is 0 Å². The van der Waals surface area contributed by atoms with Crippen LogP contribution in [0.25, 0.3) is 0 Å². The van der Waals surface area contributed by atoms with E-state index in [1.165, 1.54) is 4.57 Å². The number of hydrogen-bond acceptors (Lipinski definition) is 5. The molecule has 3 rings (SSSR count). The van der Waals surface area contributed by atoms with E-state index in [0.717, 1.165) is 15.9 Å². The molecule has 0 radical (unpaired) electrons. The molecular formula is C21H25N4O4+. The van der Waals surface area contributed by atoms with Crippen LogP contribution in [0.3, 0.4) is 0 Å². The lowest BCUT2D eigenvalue weighted by atomic mass is 10.1. The van der Waals surface area contributed by atoms with Crippen LogP contribution in [-0.4, -0.2) is 21.5 Å². The lowest BCUT2D eigenvalue weighted by Gasteiger charge is -2.16. The number of quaternary nitrogens is 1. The second-order valence-electron chi connectivity index (χ2n) is 6.83. The number of rotatable bonds is 8. The third kappa shape index (κ3) is 4.22. The normalized spacial score (nSPS) is 12.1. The molecule has 0 amide bonds. The minimum Gasteiger partial charge on any atom is -0.463 e. The zero-order valence-electron chi connectivity index (χ0n) is 16.5. The van der Waals surface area contributed by atoms with Gasteiger partial charge in [0.25, 0.3) is 5.56 Å².